The molecule has 1 aromatic heterocycles. The molecule has 0 aliphatic rings. The minimum Gasteiger partial charge on any atom is -0.507 e. The normalized spacial score (nSPS) is 11.2. The van der Waals surface area contributed by atoms with Gasteiger partial charge in [-0.25, -0.2) is 0 Å². The van der Waals surface area contributed by atoms with Crippen LogP contribution in [0, 0.1) is 5.92 Å². The van der Waals surface area contributed by atoms with Gasteiger partial charge in [0.05, 0.1) is 11.3 Å². The second-order valence-electron chi connectivity index (χ2n) is 4.59. The van der Waals surface area contributed by atoms with Crippen LogP contribution in [0.5, 0.6) is 5.75 Å². The van der Waals surface area contributed by atoms with Crippen molar-refractivity contribution in [3.05, 3.63) is 29.0 Å². The number of benzene rings is 1. The molecule has 0 aliphatic carbocycles. The van der Waals surface area contributed by atoms with Gasteiger partial charge in [-0.05, 0) is 29.9 Å². The van der Waals surface area contributed by atoms with Gasteiger partial charge in [-0.15, -0.1) is 0 Å². The summed E-state index contributed by atoms with van der Waals surface area (Å²) in [7, 11) is 0. The molecule has 1 heterocycles. The smallest absolute Gasteiger partial charge is 0.261 e. The van der Waals surface area contributed by atoms with E-state index in [1.807, 2.05) is 0 Å². The van der Waals surface area contributed by atoms with Gasteiger partial charge in [-0.3, -0.25) is 0 Å². The minimum absolute atomic E-state index is 0.0394. The number of phenols is 1. The maximum Gasteiger partial charge on any atom is 0.261 e. The Labute approximate surface area is 121 Å². The zero-order valence-corrected chi connectivity index (χ0v) is 12.3. The number of aromatic nitrogens is 2. The van der Waals surface area contributed by atoms with E-state index in [9.17, 15) is 5.11 Å². The fourth-order valence-electron chi connectivity index (χ4n) is 1.49. The molecule has 19 heavy (non-hydrogen) atoms. The second-order valence-corrected chi connectivity index (χ2v) is 6.05. The molecule has 0 bridgehead atoms. The van der Waals surface area contributed by atoms with E-state index in [2.05, 4.69) is 24.0 Å². The molecule has 0 fully saturated rings. The van der Waals surface area contributed by atoms with Crippen molar-refractivity contribution in [1.29, 1.82) is 0 Å². The van der Waals surface area contributed by atoms with Gasteiger partial charge in [0.15, 0.2) is 5.82 Å². The van der Waals surface area contributed by atoms with Gasteiger partial charge in [-0.2, -0.15) is 16.7 Å². The zero-order chi connectivity index (χ0) is 13.8. The summed E-state index contributed by atoms with van der Waals surface area (Å²) in [5.74, 6) is 3.38. The summed E-state index contributed by atoms with van der Waals surface area (Å²) in [5.41, 5.74) is 0.497. The summed E-state index contributed by atoms with van der Waals surface area (Å²) in [6.07, 6.45) is 0. The first-order chi connectivity index (χ1) is 9.06. The predicted octanol–water partition coefficient (Wildman–Crippen LogP) is 3.98. The van der Waals surface area contributed by atoms with Gasteiger partial charge < -0.3 is 9.63 Å². The number of rotatable bonds is 5. The summed E-state index contributed by atoms with van der Waals surface area (Å²) in [4.78, 5) is 4.27. The standard InChI is InChI=1S/C13H15ClN2O2S/c1-8(2)6-19-7-12-15-13(18-16-12)10-4-3-9(14)5-11(10)17/h3-5,8,17H,6-7H2,1-2H3. The maximum atomic E-state index is 9.79. The van der Waals surface area contributed by atoms with Crippen LogP contribution in [0.4, 0.5) is 0 Å². The Morgan fingerprint density at radius 2 is 2.21 bits per heavy atom. The molecule has 102 valence electrons. The second kappa shape index (κ2) is 6.30. The van der Waals surface area contributed by atoms with Crippen molar-refractivity contribution < 1.29 is 9.63 Å². The Balaban J connectivity index is 2.08. The Morgan fingerprint density at radius 3 is 2.89 bits per heavy atom. The highest BCUT2D eigenvalue weighted by Crippen LogP contribution is 2.30. The van der Waals surface area contributed by atoms with Crippen LogP contribution in [-0.4, -0.2) is 21.0 Å². The summed E-state index contributed by atoms with van der Waals surface area (Å²) in [6, 6.07) is 4.79. The SMILES string of the molecule is CC(C)CSCc1noc(-c2ccc(Cl)cc2O)n1. The maximum absolute atomic E-state index is 9.79. The molecule has 0 saturated carbocycles. The highest BCUT2D eigenvalue weighted by molar-refractivity contribution is 7.98. The van der Waals surface area contributed by atoms with E-state index in [0.717, 1.165) is 5.75 Å². The Hall–Kier alpha value is -1.20. The van der Waals surface area contributed by atoms with E-state index in [0.29, 0.717) is 34.0 Å². The van der Waals surface area contributed by atoms with Crippen molar-refractivity contribution in [2.45, 2.75) is 19.6 Å². The third-order valence-corrected chi connectivity index (χ3v) is 3.94. The van der Waals surface area contributed by atoms with Crippen molar-refractivity contribution in [2.24, 2.45) is 5.92 Å². The highest BCUT2D eigenvalue weighted by Gasteiger charge is 2.13. The number of phenolic OH excluding ortho intramolecular Hbond substituents is 1. The van der Waals surface area contributed by atoms with Crippen molar-refractivity contribution in [1.82, 2.24) is 10.1 Å². The van der Waals surface area contributed by atoms with Crippen LogP contribution in [-0.2, 0) is 5.75 Å². The summed E-state index contributed by atoms with van der Waals surface area (Å²) in [5, 5.41) is 14.2. The van der Waals surface area contributed by atoms with E-state index in [1.54, 1.807) is 23.9 Å². The molecule has 0 unspecified atom stereocenters. The highest BCUT2D eigenvalue weighted by atomic mass is 35.5. The molecule has 0 atom stereocenters. The number of hydrogen-bond acceptors (Lipinski definition) is 5. The van der Waals surface area contributed by atoms with Gasteiger partial charge in [-0.1, -0.05) is 30.6 Å². The molecular weight excluding hydrogens is 284 g/mol. The van der Waals surface area contributed by atoms with E-state index in [1.165, 1.54) is 6.07 Å². The van der Waals surface area contributed by atoms with Crippen LogP contribution in [0.25, 0.3) is 11.5 Å². The molecule has 0 spiro atoms. The van der Waals surface area contributed by atoms with Crippen molar-refractivity contribution in [2.75, 3.05) is 5.75 Å². The van der Waals surface area contributed by atoms with Crippen LogP contribution in [0.3, 0.4) is 0 Å². The van der Waals surface area contributed by atoms with Crippen LogP contribution in [0.2, 0.25) is 5.02 Å². The average molecular weight is 299 g/mol. The van der Waals surface area contributed by atoms with E-state index >= 15 is 0 Å². The van der Waals surface area contributed by atoms with Gasteiger partial charge in [0, 0.05) is 5.02 Å². The molecule has 0 radical (unpaired) electrons. The lowest BCUT2D eigenvalue weighted by atomic mass is 10.2. The largest absolute Gasteiger partial charge is 0.507 e. The first kappa shape index (κ1) is 14.2. The number of aromatic hydroxyl groups is 1. The minimum atomic E-state index is 0.0394. The molecule has 2 rings (SSSR count). The van der Waals surface area contributed by atoms with Crippen LogP contribution < -0.4 is 0 Å². The quantitative estimate of drug-likeness (QED) is 0.904. The average Bonchev–Trinajstić information content (AvgIpc) is 2.77. The van der Waals surface area contributed by atoms with Crippen molar-refractivity contribution in [3.8, 4) is 17.2 Å². The topological polar surface area (TPSA) is 59.2 Å². The first-order valence-corrected chi connectivity index (χ1v) is 7.48. The van der Waals surface area contributed by atoms with E-state index in [4.69, 9.17) is 16.1 Å². The summed E-state index contributed by atoms with van der Waals surface area (Å²) in [6.45, 7) is 4.33. The molecule has 6 heteroatoms. The molecule has 1 N–H and O–H groups in total. The van der Waals surface area contributed by atoms with Gasteiger partial charge in [0.2, 0.25) is 0 Å². The van der Waals surface area contributed by atoms with Crippen LogP contribution >= 0.6 is 23.4 Å². The zero-order valence-electron chi connectivity index (χ0n) is 10.8. The van der Waals surface area contributed by atoms with Crippen LogP contribution in [0.1, 0.15) is 19.7 Å². The monoisotopic (exact) mass is 298 g/mol. The van der Waals surface area contributed by atoms with Gasteiger partial charge in [0.25, 0.3) is 5.89 Å². The fourth-order valence-corrected chi connectivity index (χ4v) is 2.55. The third-order valence-electron chi connectivity index (χ3n) is 2.34. The van der Waals surface area contributed by atoms with E-state index < -0.39 is 0 Å². The number of hydrogen-bond donors (Lipinski definition) is 1. The molecule has 0 saturated heterocycles. The van der Waals surface area contributed by atoms with Gasteiger partial charge in [0.1, 0.15) is 5.75 Å². The fraction of sp³-hybridized carbons (Fsp3) is 0.385. The lowest BCUT2D eigenvalue weighted by Gasteiger charge is -2.00. The Kier molecular flexibility index (Phi) is 4.71. The molecule has 1 aromatic carbocycles. The lowest BCUT2D eigenvalue weighted by molar-refractivity contribution is 0.419. The molecule has 0 amide bonds. The number of thioether (sulfide) groups is 1. The van der Waals surface area contributed by atoms with Gasteiger partial charge >= 0.3 is 0 Å². The predicted molar refractivity (Wildman–Crippen MR) is 77.4 cm³/mol. The number of halogens is 1. The lowest BCUT2D eigenvalue weighted by Crippen LogP contribution is -1.92. The molecular formula is C13H15ClN2O2S. The first-order valence-electron chi connectivity index (χ1n) is 5.95. The molecule has 2 aromatic rings. The van der Waals surface area contributed by atoms with Crippen molar-refractivity contribution in [3.63, 3.8) is 0 Å². The third kappa shape index (κ3) is 3.88. The number of nitrogens with zero attached hydrogens (tertiary/aromatic N) is 2. The Morgan fingerprint density at radius 1 is 1.42 bits per heavy atom. The van der Waals surface area contributed by atoms with Crippen LogP contribution in [0.15, 0.2) is 22.7 Å². The van der Waals surface area contributed by atoms with Crippen molar-refractivity contribution >= 4 is 23.4 Å². The summed E-state index contributed by atoms with van der Waals surface area (Å²) < 4.78 is 5.15. The molecule has 0 aliphatic heterocycles. The Bertz CT molecular complexity index is 557. The summed E-state index contributed by atoms with van der Waals surface area (Å²) >= 11 is 7.54. The van der Waals surface area contributed by atoms with E-state index in [-0.39, 0.29) is 5.75 Å². The molecule has 4 nitrogen and oxygen atoms in total.